The molecule has 1 aliphatic carbocycles. The SMILES string of the molecule is Cc1ccc(N/C=C(/C#N)C(=O)c2cc(C)n(C3CCCC3)c2C)cc1. The number of aromatic nitrogens is 1. The van der Waals surface area contributed by atoms with Crippen LogP contribution in [0, 0.1) is 32.1 Å². The van der Waals surface area contributed by atoms with Crippen molar-refractivity contribution >= 4 is 11.5 Å². The summed E-state index contributed by atoms with van der Waals surface area (Å²) in [5.41, 5.74) is 4.84. The van der Waals surface area contributed by atoms with Gasteiger partial charge >= 0.3 is 0 Å². The van der Waals surface area contributed by atoms with Gasteiger partial charge in [-0.1, -0.05) is 30.5 Å². The van der Waals surface area contributed by atoms with Gasteiger partial charge in [-0.3, -0.25) is 4.79 Å². The topological polar surface area (TPSA) is 57.8 Å². The van der Waals surface area contributed by atoms with E-state index in [9.17, 15) is 10.1 Å². The Morgan fingerprint density at radius 3 is 2.46 bits per heavy atom. The zero-order valence-corrected chi connectivity index (χ0v) is 15.7. The number of nitrogens with one attached hydrogen (secondary N) is 1. The first-order valence-corrected chi connectivity index (χ1v) is 9.18. The van der Waals surface area contributed by atoms with E-state index in [1.807, 2.05) is 57.2 Å². The van der Waals surface area contributed by atoms with Crippen molar-refractivity contribution < 1.29 is 4.79 Å². The van der Waals surface area contributed by atoms with Gasteiger partial charge in [0.05, 0.1) is 0 Å². The molecule has 2 aromatic rings. The summed E-state index contributed by atoms with van der Waals surface area (Å²) in [4.78, 5) is 12.9. The van der Waals surface area contributed by atoms with Crippen molar-refractivity contribution in [2.45, 2.75) is 52.5 Å². The second-order valence-electron chi connectivity index (χ2n) is 7.10. The maximum absolute atomic E-state index is 12.9. The third kappa shape index (κ3) is 3.57. The van der Waals surface area contributed by atoms with Crippen molar-refractivity contribution in [1.82, 2.24) is 4.57 Å². The van der Waals surface area contributed by atoms with E-state index in [2.05, 4.69) is 9.88 Å². The standard InChI is InChI=1S/C22H25N3O/c1-15-8-10-19(11-9-15)24-14-18(13-23)22(26)21-12-16(2)25(17(21)3)20-6-4-5-7-20/h8-12,14,20,24H,4-7H2,1-3H3/b18-14-. The van der Waals surface area contributed by atoms with E-state index < -0.39 is 0 Å². The van der Waals surface area contributed by atoms with Crippen LogP contribution >= 0.6 is 0 Å². The summed E-state index contributed by atoms with van der Waals surface area (Å²) < 4.78 is 2.28. The highest BCUT2D eigenvalue weighted by Crippen LogP contribution is 2.33. The predicted octanol–water partition coefficient (Wildman–Crippen LogP) is 5.23. The molecule has 0 saturated heterocycles. The molecule has 1 aromatic carbocycles. The number of carbonyl (C=O) groups excluding carboxylic acids is 1. The minimum Gasteiger partial charge on any atom is -0.360 e. The number of benzene rings is 1. The quantitative estimate of drug-likeness (QED) is 0.458. The van der Waals surface area contributed by atoms with Crippen LogP contribution in [-0.2, 0) is 0 Å². The predicted molar refractivity (Wildman–Crippen MR) is 104 cm³/mol. The highest BCUT2D eigenvalue weighted by molar-refractivity contribution is 6.12. The maximum atomic E-state index is 12.9. The monoisotopic (exact) mass is 347 g/mol. The number of carbonyl (C=O) groups is 1. The largest absolute Gasteiger partial charge is 0.360 e. The maximum Gasteiger partial charge on any atom is 0.206 e. The summed E-state index contributed by atoms with van der Waals surface area (Å²) in [5, 5.41) is 12.5. The minimum absolute atomic E-state index is 0.122. The molecular weight excluding hydrogens is 322 g/mol. The number of Topliss-reactive ketones (excluding diaryl/α,β-unsaturated/α-hetero) is 1. The number of hydrogen-bond acceptors (Lipinski definition) is 3. The van der Waals surface area contributed by atoms with Gasteiger partial charge in [0.25, 0.3) is 0 Å². The van der Waals surface area contributed by atoms with Gasteiger partial charge in [-0.15, -0.1) is 0 Å². The molecule has 0 spiro atoms. The van der Waals surface area contributed by atoms with Gasteiger partial charge in [0.15, 0.2) is 0 Å². The summed E-state index contributed by atoms with van der Waals surface area (Å²) >= 11 is 0. The van der Waals surface area contributed by atoms with Crippen LogP contribution in [0.4, 0.5) is 5.69 Å². The number of hydrogen-bond donors (Lipinski definition) is 1. The molecule has 26 heavy (non-hydrogen) atoms. The lowest BCUT2D eigenvalue weighted by Crippen LogP contribution is -2.10. The molecule has 0 amide bonds. The van der Waals surface area contributed by atoms with Gasteiger partial charge in [-0.2, -0.15) is 5.26 Å². The average Bonchev–Trinajstić information content (AvgIpc) is 3.24. The molecule has 0 aliphatic heterocycles. The van der Waals surface area contributed by atoms with Gasteiger partial charge in [0.2, 0.25) is 5.78 Å². The number of nitrogens with zero attached hydrogens (tertiary/aromatic N) is 2. The zero-order valence-electron chi connectivity index (χ0n) is 15.7. The number of aryl methyl sites for hydroxylation is 2. The molecule has 1 saturated carbocycles. The summed E-state index contributed by atoms with van der Waals surface area (Å²) in [5.74, 6) is -0.218. The molecule has 1 N–H and O–H groups in total. The zero-order chi connectivity index (χ0) is 18.7. The molecule has 4 nitrogen and oxygen atoms in total. The van der Waals surface area contributed by atoms with E-state index in [1.54, 1.807) is 0 Å². The second-order valence-corrected chi connectivity index (χ2v) is 7.10. The normalized spacial score (nSPS) is 15.1. The smallest absolute Gasteiger partial charge is 0.206 e. The molecule has 0 bridgehead atoms. The lowest BCUT2D eigenvalue weighted by atomic mass is 10.1. The van der Waals surface area contributed by atoms with Crippen molar-refractivity contribution in [2.24, 2.45) is 0 Å². The van der Waals surface area contributed by atoms with Crippen molar-refractivity contribution in [3.8, 4) is 6.07 Å². The number of allylic oxidation sites excluding steroid dienone is 1. The van der Waals surface area contributed by atoms with Gasteiger partial charge in [0.1, 0.15) is 11.6 Å². The van der Waals surface area contributed by atoms with Crippen LogP contribution in [0.5, 0.6) is 0 Å². The van der Waals surface area contributed by atoms with E-state index >= 15 is 0 Å². The van der Waals surface area contributed by atoms with Crippen LogP contribution in [0.25, 0.3) is 0 Å². The van der Waals surface area contributed by atoms with Crippen LogP contribution in [0.2, 0.25) is 0 Å². The fraction of sp³-hybridized carbons (Fsp3) is 0.364. The van der Waals surface area contributed by atoms with Crippen LogP contribution in [-0.4, -0.2) is 10.4 Å². The van der Waals surface area contributed by atoms with E-state index in [0.29, 0.717) is 11.6 Å². The molecule has 0 atom stereocenters. The number of nitriles is 1. The highest BCUT2D eigenvalue weighted by atomic mass is 16.1. The highest BCUT2D eigenvalue weighted by Gasteiger charge is 2.24. The first-order chi connectivity index (χ1) is 12.5. The molecular formula is C22H25N3O. The average molecular weight is 347 g/mol. The first-order valence-electron chi connectivity index (χ1n) is 9.18. The molecule has 3 rings (SSSR count). The van der Waals surface area contributed by atoms with Crippen LogP contribution in [0.15, 0.2) is 42.1 Å². The summed E-state index contributed by atoms with van der Waals surface area (Å²) in [6.45, 7) is 6.05. The van der Waals surface area contributed by atoms with Crippen molar-refractivity contribution in [2.75, 3.05) is 5.32 Å². The Balaban J connectivity index is 1.84. The number of ketones is 1. The molecule has 0 radical (unpaired) electrons. The Morgan fingerprint density at radius 1 is 1.19 bits per heavy atom. The summed E-state index contributed by atoms with van der Waals surface area (Å²) in [7, 11) is 0. The number of rotatable bonds is 5. The fourth-order valence-electron chi connectivity index (χ4n) is 3.83. The first kappa shape index (κ1) is 18.0. The molecule has 1 aliphatic rings. The Kier molecular flexibility index (Phi) is 5.27. The van der Waals surface area contributed by atoms with Crippen molar-refractivity contribution in [3.63, 3.8) is 0 Å². The summed E-state index contributed by atoms with van der Waals surface area (Å²) in [6, 6.07) is 12.3. The molecule has 134 valence electrons. The van der Waals surface area contributed by atoms with Gasteiger partial charge in [0, 0.05) is 34.9 Å². The van der Waals surface area contributed by atoms with E-state index in [-0.39, 0.29) is 11.4 Å². The van der Waals surface area contributed by atoms with Crippen molar-refractivity contribution in [3.05, 3.63) is 64.6 Å². The van der Waals surface area contributed by atoms with Crippen LogP contribution in [0.1, 0.15) is 59.0 Å². The molecule has 1 fully saturated rings. The molecule has 4 heteroatoms. The Hall–Kier alpha value is -2.80. The molecule has 1 aromatic heterocycles. The van der Waals surface area contributed by atoms with Gasteiger partial charge < -0.3 is 9.88 Å². The van der Waals surface area contributed by atoms with E-state index in [4.69, 9.17) is 0 Å². The van der Waals surface area contributed by atoms with Gasteiger partial charge in [-0.25, -0.2) is 0 Å². The van der Waals surface area contributed by atoms with E-state index in [0.717, 1.165) is 22.6 Å². The molecule has 1 heterocycles. The Bertz CT molecular complexity index is 875. The molecule has 0 unspecified atom stereocenters. The minimum atomic E-state index is -0.218. The van der Waals surface area contributed by atoms with E-state index in [1.165, 1.54) is 31.9 Å². The summed E-state index contributed by atoms with van der Waals surface area (Å²) in [6.07, 6.45) is 6.33. The lowest BCUT2D eigenvalue weighted by molar-refractivity contribution is 0.103. The Morgan fingerprint density at radius 2 is 1.85 bits per heavy atom. The fourth-order valence-corrected chi connectivity index (χ4v) is 3.83. The van der Waals surface area contributed by atoms with Gasteiger partial charge in [-0.05, 0) is 51.8 Å². The second kappa shape index (κ2) is 7.61. The van der Waals surface area contributed by atoms with Crippen LogP contribution in [0.3, 0.4) is 0 Å². The third-order valence-corrected chi connectivity index (χ3v) is 5.22. The van der Waals surface area contributed by atoms with Crippen LogP contribution < -0.4 is 5.32 Å². The lowest BCUT2D eigenvalue weighted by Gasteiger charge is -2.17. The third-order valence-electron chi connectivity index (χ3n) is 5.22. The number of anilines is 1. The van der Waals surface area contributed by atoms with Crippen molar-refractivity contribution in [1.29, 1.82) is 5.26 Å². The Labute approximate surface area is 155 Å².